The summed E-state index contributed by atoms with van der Waals surface area (Å²) in [7, 11) is 1.60. The molecule has 0 saturated carbocycles. The van der Waals surface area contributed by atoms with Gasteiger partial charge in [0.15, 0.2) is 0 Å². The fourth-order valence-electron chi connectivity index (χ4n) is 1.17. The van der Waals surface area contributed by atoms with Gasteiger partial charge in [-0.25, -0.2) is 0 Å². The molecule has 0 aromatic carbocycles. The number of halogens is 3. The van der Waals surface area contributed by atoms with Crippen LogP contribution in [-0.2, 0) is 4.79 Å². The molecular weight excluding hydrogens is 221 g/mol. The van der Waals surface area contributed by atoms with Crippen molar-refractivity contribution in [3.8, 4) is 0 Å². The lowest BCUT2D eigenvalue weighted by Crippen LogP contribution is -2.39. The van der Waals surface area contributed by atoms with Gasteiger partial charge in [0.05, 0.1) is 13.1 Å². The molecule has 6 heteroatoms. The second-order valence-electron chi connectivity index (χ2n) is 3.74. The standard InChI is InChI=1S/C10H19F3N2O/c1-3-4-5-6-15(2)9(16)7-14-8-10(11,12)13/h14H,3-8H2,1-2H3. The predicted molar refractivity (Wildman–Crippen MR) is 56.1 cm³/mol. The van der Waals surface area contributed by atoms with Crippen LogP contribution in [0, 0.1) is 0 Å². The number of hydrogen-bond acceptors (Lipinski definition) is 2. The Bertz CT molecular complexity index is 207. The molecule has 96 valence electrons. The van der Waals surface area contributed by atoms with E-state index in [1.54, 1.807) is 7.05 Å². The number of carbonyl (C=O) groups is 1. The van der Waals surface area contributed by atoms with Crippen molar-refractivity contribution in [1.82, 2.24) is 10.2 Å². The third-order valence-electron chi connectivity index (χ3n) is 2.12. The first-order valence-corrected chi connectivity index (χ1v) is 5.38. The average Bonchev–Trinajstić information content (AvgIpc) is 2.15. The van der Waals surface area contributed by atoms with Crippen LogP contribution < -0.4 is 5.32 Å². The lowest BCUT2D eigenvalue weighted by atomic mass is 10.2. The molecule has 0 aromatic rings. The second kappa shape index (κ2) is 7.49. The molecule has 0 bridgehead atoms. The zero-order valence-electron chi connectivity index (χ0n) is 9.73. The van der Waals surface area contributed by atoms with Gasteiger partial charge in [-0.3, -0.25) is 4.79 Å². The first-order chi connectivity index (χ1) is 7.37. The normalized spacial score (nSPS) is 11.6. The van der Waals surface area contributed by atoms with Crippen LogP contribution in [-0.4, -0.2) is 43.7 Å². The smallest absolute Gasteiger partial charge is 0.345 e. The van der Waals surface area contributed by atoms with Gasteiger partial charge in [-0.2, -0.15) is 13.2 Å². The third kappa shape index (κ3) is 8.52. The summed E-state index contributed by atoms with van der Waals surface area (Å²) < 4.78 is 35.3. The van der Waals surface area contributed by atoms with Gasteiger partial charge in [-0.05, 0) is 6.42 Å². The highest BCUT2D eigenvalue weighted by Crippen LogP contribution is 2.11. The van der Waals surface area contributed by atoms with E-state index in [2.05, 4.69) is 5.32 Å². The monoisotopic (exact) mass is 240 g/mol. The number of hydrogen-bond donors (Lipinski definition) is 1. The maximum absolute atomic E-state index is 11.8. The van der Waals surface area contributed by atoms with E-state index in [0.29, 0.717) is 6.54 Å². The summed E-state index contributed by atoms with van der Waals surface area (Å²) in [6.07, 6.45) is -1.30. The van der Waals surface area contributed by atoms with Gasteiger partial charge in [0.2, 0.25) is 5.91 Å². The Balaban J connectivity index is 3.63. The van der Waals surface area contributed by atoms with Crippen LogP contribution in [0.5, 0.6) is 0 Å². The summed E-state index contributed by atoms with van der Waals surface area (Å²) in [6.45, 7) is 1.26. The fraction of sp³-hybridized carbons (Fsp3) is 0.900. The Morgan fingerprint density at radius 1 is 1.31 bits per heavy atom. The number of nitrogens with zero attached hydrogens (tertiary/aromatic N) is 1. The number of unbranched alkanes of at least 4 members (excludes halogenated alkanes) is 2. The Morgan fingerprint density at radius 2 is 1.94 bits per heavy atom. The first-order valence-electron chi connectivity index (χ1n) is 5.38. The van der Waals surface area contributed by atoms with Gasteiger partial charge >= 0.3 is 6.18 Å². The topological polar surface area (TPSA) is 32.3 Å². The second-order valence-corrected chi connectivity index (χ2v) is 3.74. The number of rotatable bonds is 7. The van der Waals surface area contributed by atoms with Crippen molar-refractivity contribution in [2.24, 2.45) is 0 Å². The Kier molecular flexibility index (Phi) is 7.12. The van der Waals surface area contributed by atoms with Gasteiger partial charge in [0.1, 0.15) is 0 Å². The van der Waals surface area contributed by atoms with Gasteiger partial charge in [-0.15, -0.1) is 0 Å². The molecule has 0 aliphatic heterocycles. The quantitative estimate of drug-likeness (QED) is 0.688. The Morgan fingerprint density at radius 3 is 2.44 bits per heavy atom. The molecular formula is C10H19F3N2O. The van der Waals surface area contributed by atoms with Crippen LogP contribution >= 0.6 is 0 Å². The maximum Gasteiger partial charge on any atom is 0.401 e. The molecule has 0 heterocycles. The summed E-state index contributed by atoms with van der Waals surface area (Å²) in [5.41, 5.74) is 0. The third-order valence-corrected chi connectivity index (χ3v) is 2.12. The highest BCUT2D eigenvalue weighted by Gasteiger charge is 2.26. The molecule has 0 fully saturated rings. The van der Waals surface area contributed by atoms with E-state index in [9.17, 15) is 18.0 Å². The highest BCUT2D eigenvalue weighted by atomic mass is 19.4. The van der Waals surface area contributed by atoms with Crippen molar-refractivity contribution in [2.45, 2.75) is 32.4 Å². The number of alkyl halides is 3. The fourth-order valence-corrected chi connectivity index (χ4v) is 1.17. The van der Waals surface area contributed by atoms with Crippen molar-refractivity contribution in [1.29, 1.82) is 0 Å². The molecule has 0 radical (unpaired) electrons. The van der Waals surface area contributed by atoms with Crippen LogP contribution in [0.4, 0.5) is 13.2 Å². The molecule has 0 aliphatic rings. The van der Waals surface area contributed by atoms with Gasteiger partial charge in [-0.1, -0.05) is 19.8 Å². The van der Waals surface area contributed by atoms with Gasteiger partial charge < -0.3 is 10.2 Å². The zero-order chi connectivity index (χ0) is 12.6. The number of carbonyl (C=O) groups excluding carboxylic acids is 1. The summed E-state index contributed by atoms with van der Waals surface area (Å²) >= 11 is 0. The Labute approximate surface area is 94.0 Å². The molecule has 1 N–H and O–H groups in total. The van der Waals surface area contributed by atoms with Crippen molar-refractivity contribution >= 4 is 5.91 Å². The van der Waals surface area contributed by atoms with Gasteiger partial charge in [0, 0.05) is 13.6 Å². The minimum Gasteiger partial charge on any atom is -0.345 e. The molecule has 0 unspecified atom stereocenters. The summed E-state index contributed by atoms with van der Waals surface area (Å²) in [6, 6.07) is 0. The minimum absolute atomic E-state index is 0.262. The number of amides is 1. The van der Waals surface area contributed by atoms with Crippen LogP contribution in [0.3, 0.4) is 0 Å². The molecule has 16 heavy (non-hydrogen) atoms. The van der Waals surface area contributed by atoms with Crippen LogP contribution in [0.1, 0.15) is 26.2 Å². The largest absolute Gasteiger partial charge is 0.401 e. The molecule has 0 aliphatic carbocycles. The lowest BCUT2D eigenvalue weighted by molar-refractivity contribution is -0.133. The Hall–Kier alpha value is -0.780. The maximum atomic E-state index is 11.8. The van der Waals surface area contributed by atoms with Crippen molar-refractivity contribution in [3.05, 3.63) is 0 Å². The molecule has 0 spiro atoms. The van der Waals surface area contributed by atoms with Gasteiger partial charge in [0.25, 0.3) is 0 Å². The van der Waals surface area contributed by atoms with Crippen LogP contribution in [0.15, 0.2) is 0 Å². The van der Waals surface area contributed by atoms with Crippen LogP contribution in [0.2, 0.25) is 0 Å². The van der Waals surface area contributed by atoms with Crippen LogP contribution in [0.25, 0.3) is 0 Å². The summed E-state index contributed by atoms with van der Waals surface area (Å²) in [5, 5.41) is 2.08. The predicted octanol–water partition coefficient (Wildman–Crippen LogP) is 1.79. The molecule has 0 rings (SSSR count). The van der Waals surface area contributed by atoms with E-state index in [4.69, 9.17) is 0 Å². The van der Waals surface area contributed by atoms with E-state index in [1.807, 2.05) is 6.92 Å². The van der Waals surface area contributed by atoms with E-state index < -0.39 is 12.7 Å². The van der Waals surface area contributed by atoms with Crippen molar-refractivity contribution in [2.75, 3.05) is 26.7 Å². The van der Waals surface area contributed by atoms with Crippen molar-refractivity contribution < 1.29 is 18.0 Å². The number of likely N-dealkylation sites (N-methyl/N-ethyl adjacent to an activating group) is 1. The highest BCUT2D eigenvalue weighted by molar-refractivity contribution is 5.77. The van der Waals surface area contributed by atoms with E-state index in [0.717, 1.165) is 19.3 Å². The zero-order valence-corrected chi connectivity index (χ0v) is 9.73. The lowest BCUT2D eigenvalue weighted by Gasteiger charge is -2.17. The molecule has 1 amide bonds. The molecule has 0 saturated heterocycles. The molecule has 0 aromatic heterocycles. The average molecular weight is 240 g/mol. The van der Waals surface area contributed by atoms with Crippen molar-refractivity contribution in [3.63, 3.8) is 0 Å². The van der Waals surface area contributed by atoms with E-state index in [-0.39, 0.29) is 12.5 Å². The minimum atomic E-state index is -4.26. The SMILES string of the molecule is CCCCCN(C)C(=O)CNCC(F)(F)F. The molecule has 3 nitrogen and oxygen atoms in total. The number of nitrogens with one attached hydrogen (secondary N) is 1. The first kappa shape index (κ1) is 15.2. The van der Waals surface area contributed by atoms with E-state index >= 15 is 0 Å². The summed E-state index contributed by atoms with van der Waals surface area (Å²) in [4.78, 5) is 12.8. The molecule has 0 atom stereocenters. The van der Waals surface area contributed by atoms with E-state index in [1.165, 1.54) is 4.90 Å². The summed E-state index contributed by atoms with van der Waals surface area (Å²) in [5.74, 6) is -0.305.